The molecule has 0 unspecified atom stereocenters. The number of urea groups is 1. The first-order chi connectivity index (χ1) is 15.4. The Kier molecular flexibility index (Phi) is 6.95. The highest BCUT2D eigenvalue weighted by Gasteiger charge is 2.25. The lowest BCUT2D eigenvalue weighted by atomic mass is 9.99. The van der Waals surface area contributed by atoms with Gasteiger partial charge in [0.05, 0.1) is 11.5 Å². The summed E-state index contributed by atoms with van der Waals surface area (Å²) < 4.78 is 22.0. The van der Waals surface area contributed by atoms with Crippen LogP contribution in [0, 0.1) is 0 Å². The molecule has 0 bridgehead atoms. The number of fused-ring (bicyclic) bond motifs is 2. The second-order valence-electron chi connectivity index (χ2n) is 8.70. The Morgan fingerprint density at radius 3 is 2.34 bits per heavy atom. The molecule has 4 rings (SSSR count). The molecule has 0 aliphatic heterocycles. The average molecular weight is 457 g/mol. The van der Waals surface area contributed by atoms with Gasteiger partial charge in [-0.1, -0.05) is 18.2 Å². The summed E-state index contributed by atoms with van der Waals surface area (Å²) in [6.07, 6.45) is 6.19. The first-order valence-corrected chi connectivity index (χ1v) is 12.7. The summed E-state index contributed by atoms with van der Waals surface area (Å²) in [4.78, 5) is 15.2. The maximum Gasteiger partial charge on any atom is 0.354 e. The maximum absolute atomic E-state index is 13.1. The minimum Gasteiger partial charge on any atom is -0.383 e. The molecule has 2 aromatic rings. The van der Waals surface area contributed by atoms with Crippen molar-refractivity contribution in [1.29, 1.82) is 0 Å². The van der Waals surface area contributed by atoms with Gasteiger partial charge in [-0.05, 0) is 85.5 Å². The second kappa shape index (κ2) is 9.70. The van der Waals surface area contributed by atoms with Crippen LogP contribution in [0.1, 0.15) is 40.7 Å². The van der Waals surface area contributed by atoms with E-state index in [-0.39, 0.29) is 0 Å². The van der Waals surface area contributed by atoms with Crippen LogP contribution >= 0.6 is 0 Å². The largest absolute Gasteiger partial charge is 0.383 e. The molecule has 7 nitrogen and oxygen atoms in total. The molecule has 0 spiro atoms. The molecule has 0 aromatic heterocycles. The van der Waals surface area contributed by atoms with Gasteiger partial charge in [0.2, 0.25) is 0 Å². The fourth-order valence-corrected chi connectivity index (χ4v) is 5.62. The van der Waals surface area contributed by atoms with Gasteiger partial charge in [0.1, 0.15) is 9.92 Å². The number of ether oxygens (including phenoxy) is 1. The third-order valence-corrected chi connectivity index (χ3v) is 7.70. The van der Waals surface area contributed by atoms with Crippen molar-refractivity contribution in [2.24, 2.45) is 9.50 Å². The van der Waals surface area contributed by atoms with Gasteiger partial charge < -0.3 is 10.1 Å². The zero-order valence-electron chi connectivity index (χ0n) is 18.9. The predicted octanol–water partition coefficient (Wildman–Crippen LogP) is 3.67. The van der Waals surface area contributed by atoms with E-state index in [0.29, 0.717) is 11.5 Å². The van der Waals surface area contributed by atoms with Crippen LogP contribution in [0.25, 0.3) is 0 Å². The van der Waals surface area contributed by atoms with E-state index in [9.17, 15) is 9.00 Å². The molecule has 3 N–H and O–H groups in total. The van der Waals surface area contributed by atoms with Crippen molar-refractivity contribution in [1.82, 2.24) is 4.90 Å². The number of nitrogens with zero attached hydrogens (tertiary/aromatic N) is 2. The predicted molar refractivity (Wildman–Crippen MR) is 127 cm³/mol. The molecule has 8 heteroatoms. The quantitative estimate of drug-likeness (QED) is 0.664. The summed E-state index contributed by atoms with van der Waals surface area (Å²) in [5.74, 6) is 0. The molecule has 0 heterocycles. The number of anilines is 1. The summed E-state index contributed by atoms with van der Waals surface area (Å²) in [6.45, 7) is 2.21. The fourth-order valence-electron chi connectivity index (χ4n) is 4.70. The maximum atomic E-state index is 13.1. The first kappa shape index (κ1) is 22.9. The van der Waals surface area contributed by atoms with E-state index in [2.05, 4.69) is 20.6 Å². The number of carbonyl (C=O) groups is 1. The van der Waals surface area contributed by atoms with Gasteiger partial charge in [-0.25, -0.2) is 14.1 Å². The zero-order valence-corrected chi connectivity index (χ0v) is 19.7. The smallest absolute Gasteiger partial charge is 0.354 e. The summed E-state index contributed by atoms with van der Waals surface area (Å²) >= 11 is 0. The van der Waals surface area contributed by atoms with Crippen LogP contribution in [0.15, 0.2) is 39.6 Å². The first-order valence-electron chi connectivity index (χ1n) is 11.2. The molecule has 0 radical (unpaired) electrons. The zero-order chi connectivity index (χ0) is 22.7. The molecular formula is C24H32N4O3S. The Balaban J connectivity index is 1.50. The van der Waals surface area contributed by atoms with Crippen molar-refractivity contribution in [3.05, 3.63) is 58.1 Å². The second-order valence-corrected chi connectivity index (χ2v) is 10.5. The Bertz CT molecular complexity index is 1090. The highest BCUT2D eigenvalue weighted by atomic mass is 32.2. The van der Waals surface area contributed by atoms with Gasteiger partial charge in [0.15, 0.2) is 0 Å². The lowest BCUT2D eigenvalue weighted by molar-refractivity contribution is 0.158. The Morgan fingerprint density at radius 1 is 1.12 bits per heavy atom. The van der Waals surface area contributed by atoms with E-state index in [1.807, 2.05) is 19.2 Å². The minimum absolute atomic E-state index is 0.347. The fraction of sp³-hybridized carbons (Fsp3) is 0.458. The highest BCUT2D eigenvalue weighted by Crippen LogP contribution is 2.38. The number of nitrogens with one attached hydrogen (secondary N) is 1. The Hall–Kier alpha value is -2.26. The summed E-state index contributed by atoms with van der Waals surface area (Å²) in [6, 6.07) is 8.78. The van der Waals surface area contributed by atoms with E-state index in [1.54, 1.807) is 19.2 Å². The summed E-state index contributed by atoms with van der Waals surface area (Å²) in [7, 11) is 0.351. The molecular weight excluding hydrogens is 424 g/mol. The van der Waals surface area contributed by atoms with Crippen molar-refractivity contribution in [2.75, 3.05) is 32.6 Å². The number of methoxy groups -OCH3 is 1. The number of carbonyl (C=O) groups excluding carboxylic acids is 1. The van der Waals surface area contributed by atoms with Crippen molar-refractivity contribution in [2.45, 2.75) is 50.0 Å². The van der Waals surface area contributed by atoms with E-state index in [0.717, 1.165) is 62.9 Å². The topological polar surface area (TPSA) is 97.0 Å². The van der Waals surface area contributed by atoms with Gasteiger partial charge in [-0.15, -0.1) is 4.36 Å². The number of hydrogen-bond acceptors (Lipinski definition) is 4. The molecule has 2 aliphatic rings. The monoisotopic (exact) mass is 456 g/mol. The number of amides is 2. The van der Waals surface area contributed by atoms with E-state index >= 15 is 0 Å². The summed E-state index contributed by atoms with van der Waals surface area (Å²) in [5.41, 5.74) is 6.99. The van der Waals surface area contributed by atoms with E-state index in [4.69, 9.17) is 9.88 Å². The number of benzene rings is 2. The third-order valence-electron chi connectivity index (χ3n) is 6.31. The number of nitrogens with two attached hydrogens (primary N) is 1. The third kappa shape index (κ3) is 5.04. The van der Waals surface area contributed by atoms with Crippen LogP contribution < -0.4 is 10.5 Å². The van der Waals surface area contributed by atoms with E-state index in [1.165, 1.54) is 22.3 Å². The van der Waals surface area contributed by atoms with Crippen LogP contribution in [0.2, 0.25) is 0 Å². The lowest BCUT2D eigenvalue weighted by Crippen LogP contribution is -2.22. The van der Waals surface area contributed by atoms with Gasteiger partial charge in [0, 0.05) is 25.9 Å². The molecule has 1 atom stereocenters. The van der Waals surface area contributed by atoms with Crippen LogP contribution in [0.5, 0.6) is 0 Å². The van der Waals surface area contributed by atoms with Gasteiger partial charge in [-0.2, -0.15) is 0 Å². The minimum atomic E-state index is -3.34. The van der Waals surface area contributed by atoms with Gasteiger partial charge in [0.25, 0.3) is 0 Å². The standard InChI is InChI=1S/C24H32N4O3S/c1-28(13-14-31-2)16-17-9-11-20(12-10-17)32(25,30)27-24(29)26-23-21-7-3-5-18(21)15-19-6-4-8-22(19)23/h9-12,15H,3-8,13-14,16H2,1-2H3,(H3,25,26,27,29,30)/t32-/m1/s1. The SMILES string of the molecule is COCCN(C)Cc1ccc([S@](N)(=O)=NC(=O)Nc2c3c(cc4c2CCC4)CCC3)cc1. The van der Waals surface area contributed by atoms with Gasteiger partial charge >= 0.3 is 6.03 Å². The van der Waals surface area contributed by atoms with E-state index < -0.39 is 15.9 Å². The van der Waals surface area contributed by atoms with Crippen LogP contribution in [-0.2, 0) is 46.9 Å². The van der Waals surface area contributed by atoms with Gasteiger partial charge in [-0.3, -0.25) is 4.90 Å². The van der Waals surface area contributed by atoms with Crippen LogP contribution in [-0.4, -0.2) is 42.4 Å². The summed E-state index contributed by atoms with van der Waals surface area (Å²) in [5, 5.41) is 8.95. The highest BCUT2D eigenvalue weighted by molar-refractivity contribution is 7.91. The number of aryl methyl sites for hydroxylation is 2. The number of hydrogen-bond donors (Lipinski definition) is 2. The van der Waals surface area contributed by atoms with Crippen molar-refractivity contribution in [3.8, 4) is 0 Å². The molecule has 0 saturated carbocycles. The van der Waals surface area contributed by atoms with Crippen molar-refractivity contribution in [3.63, 3.8) is 0 Å². The molecule has 2 aliphatic carbocycles. The van der Waals surface area contributed by atoms with Crippen molar-refractivity contribution >= 4 is 21.6 Å². The molecule has 0 fully saturated rings. The normalized spacial score (nSPS) is 16.5. The molecule has 0 saturated heterocycles. The van der Waals surface area contributed by atoms with Crippen LogP contribution in [0.4, 0.5) is 10.5 Å². The number of rotatable bonds is 7. The molecule has 32 heavy (non-hydrogen) atoms. The Labute approximate surface area is 190 Å². The molecule has 2 aromatic carbocycles. The Morgan fingerprint density at radius 2 is 1.75 bits per heavy atom. The average Bonchev–Trinajstić information content (AvgIpc) is 3.41. The lowest BCUT2D eigenvalue weighted by Gasteiger charge is -2.16. The number of likely N-dealkylation sites (N-methyl/N-ethyl adjacent to an activating group) is 1. The molecule has 2 amide bonds. The molecule has 172 valence electrons. The van der Waals surface area contributed by atoms with Crippen molar-refractivity contribution < 1.29 is 13.7 Å². The van der Waals surface area contributed by atoms with Crippen LogP contribution in [0.3, 0.4) is 0 Å².